The van der Waals surface area contributed by atoms with E-state index in [1.807, 2.05) is 0 Å². The van der Waals surface area contributed by atoms with Crippen molar-refractivity contribution in [2.75, 3.05) is 6.61 Å². The molecule has 6 nitrogen and oxygen atoms in total. The Labute approximate surface area is 93.5 Å². The SMILES string of the molecule is CC1(C)OC[C@H]([C@H]2CC(=O)N[C@@H]2C(N)=O)O1. The normalized spacial score (nSPS) is 37.4. The van der Waals surface area contributed by atoms with E-state index in [1.54, 1.807) is 13.8 Å². The third-order valence-corrected chi connectivity index (χ3v) is 2.98. The zero-order valence-electron chi connectivity index (χ0n) is 9.36. The van der Waals surface area contributed by atoms with E-state index in [-0.39, 0.29) is 24.3 Å². The first-order valence-electron chi connectivity index (χ1n) is 5.29. The van der Waals surface area contributed by atoms with Crippen LogP contribution in [0, 0.1) is 5.92 Å². The summed E-state index contributed by atoms with van der Waals surface area (Å²) in [6.07, 6.45) is 0.00370. The van der Waals surface area contributed by atoms with Crippen LogP contribution in [-0.4, -0.2) is 36.4 Å². The Morgan fingerprint density at radius 3 is 2.75 bits per heavy atom. The molecule has 2 saturated heterocycles. The molecule has 2 amide bonds. The summed E-state index contributed by atoms with van der Waals surface area (Å²) < 4.78 is 11.1. The highest BCUT2D eigenvalue weighted by molar-refractivity contribution is 5.90. The second-order valence-electron chi connectivity index (χ2n) is 4.68. The van der Waals surface area contributed by atoms with Crippen LogP contribution in [0.5, 0.6) is 0 Å². The van der Waals surface area contributed by atoms with Gasteiger partial charge in [-0.1, -0.05) is 0 Å². The van der Waals surface area contributed by atoms with Crippen molar-refractivity contribution in [1.29, 1.82) is 0 Å². The predicted molar refractivity (Wildman–Crippen MR) is 54.1 cm³/mol. The topological polar surface area (TPSA) is 90.6 Å². The van der Waals surface area contributed by atoms with Crippen molar-refractivity contribution in [3.8, 4) is 0 Å². The van der Waals surface area contributed by atoms with Crippen molar-refractivity contribution < 1.29 is 19.1 Å². The Morgan fingerprint density at radius 2 is 2.25 bits per heavy atom. The van der Waals surface area contributed by atoms with Crippen molar-refractivity contribution in [3.05, 3.63) is 0 Å². The van der Waals surface area contributed by atoms with Crippen LogP contribution in [0.4, 0.5) is 0 Å². The van der Waals surface area contributed by atoms with E-state index >= 15 is 0 Å². The minimum atomic E-state index is -0.654. The summed E-state index contributed by atoms with van der Waals surface area (Å²) in [7, 11) is 0. The second kappa shape index (κ2) is 3.71. The van der Waals surface area contributed by atoms with Crippen LogP contribution < -0.4 is 11.1 Å². The quantitative estimate of drug-likeness (QED) is 0.642. The molecule has 2 rings (SSSR count). The Hall–Kier alpha value is -1.14. The molecule has 0 aromatic carbocycles. The number of hydrogen-bond acceptors (Lipinski definition) is 4. The van der Waals surface area contributed by atoms with E-state index in [2.05, 4.69) is 5.32 Å². The Balaban J connectivity index is 2.09. The minimum absolute atomic E-state index is 0.165. The summed E-state index contributed by atoms with van der Waals surface area (Å²) in [5.74, 6) is -1.57. The fourth-order valence-corrected chi connectivity index (χ4v) is 2.23. The molecule has 2 aliphatic heterocycles. The van der Waals surface area contributed by atoms with Crippen LogP contribution in [0.3, 0.4) is 0 Å². The van der Waals surface area contributed by atoms with Gasteiger partial charge in [0.25, 0.3) is 0 Å². The maximum absolute atomic E-state index is 11.3. The highest BCUT2D eigenvalue weighted by Crippen LogP contribution is 2.32. The molecule has 0 aromatic rings. The predicted octanol–water partition coefficient (Wildman–Crippen LogP) is -0.872. The molecule has 3 N–H and O–H groups in total. The fourth-order valence-electron chi connectivity index (χ4n) is 2.23. The first-order chi connectivity index (χ1) is 7.39. The van der Waals surface area contributed by atoms with Gasteiger partial charge in [0.15, 0.2) is 5.79 Å². The van der Waals surface area contributed by atoms with Crippen LogP contribution in [-0.2, 0) is 19.1 Å². The highest BCUT2D eigenvalue weighted by Gasteiger charge is 2.46. The van der Waals surface area contributed by atoms with Crippen LogP contribution in [0.25, 0.3) is 0 Å². The van der Waals surface area contributed by atoms with Gasteiger partial charge >= 0.3 is 0 Å². The number of nitrogens with one attached hydrogen (secondary N) is 1. The number of amides is 2. The maximum atomic E-state index is 11.3. The number of primary amides is 1. The van der Waals surface area contributed by atoms with E-state index < -0.39 is 17.7 Å². The van der Waals surface area contributed by atoms with Crippen molar-refractivity contribution in [2.45, 2.75) is 38.2 Å². The molecule has 0 radical (unpaired) electrons. The summed E-state index contributed by atoms with van der Waals surface area (Å²) in [6, 6.07) is -0.644. The summed E-state index contributed by atoms with van der Waals surface area (Å²) in [5, 5.41) is 2.56. The lowest BCUT2D eigenvalue weighted by molar-refractivity contribution is -0.147. The molecule has 0 aliphatic carbocycles. The van der Waals surface area contributed by atoms with Crippen LogP contribution >= 0.6 is 0 Å². The Kier molecular flexibility index (Phi) is 2.63. The Bertz CT molecular complexity index is 329. The second-order valence-corrected chi connectivity index (χ2v) is 4.68. The molecule has 2 heterocycles. The van der Waals surface area contributed by atoms with E-state index in [4.69, 9.17) is 15.2 Å². The average molecular weight is 228 g/mol. The number of carbonyl (C=O) groups is 2. The van der Waals surface area contributed by atoms with Crippen molar-refractivity contribution in [1.82, 2.24) is 5.32 Å². The lowest BCUT2D eigenvalue weighted by atomic mass is 9.94. The molecule has 16 heavy (non-hydrogen) atoms. The largest absolute Gasteiger partial charge is 0.368 e. The van der Waals surface area contributed by atoms with Crippen molar-refractivity contribution in [3.63, 3.8) is 0 Å². The molecular weight excluding hydrogens is 212 g/mol. The third kappa shape index (κ3) is 2.03. The first-order valence-corrected chi connectivity index (χ1v) is 5.29. The number of carbonyl (C=O) groups excluding carboxylic acids is 2. The van der Waals surface area contributed by atoms with Gasteiger partial charge in [-0.3, -0.25) is 9.59 Å². The van der Waals surface area contributed by atoms with Gasteiger partial charge in [-0.2, -0.15) is 0 Å². The van der Waals surface area contributed by atoms with E-state index in [0.29, 0.717) is 6.61 Å². The molecule has 0 spiro atoms. The summed E-state index contributed by atoms with van der Waals surface area (Å²) >= 11 is 0. The fraction of sp³-hybridized carbons (Fsp3) is 0.800. The van der Waals surface area contributed by atoms with Crippen LogP contribution in [0.1, 0.15) is 20.3 Å². The van der Waals surface area contributed by atoms with Crippen molar-refractivity contribution in [2.24, 2.45) is 11.7 Å². The summed E-state index contributed by atoms with van der Waals surface area (Å²) in [6.45, 7) is 3.99. The van der Waals surface area contributed by atoms with Crippen LogP contribution in [0.2, 0.25) is 0 Å². The molecule has 0 saturated carbocycles. The standard InChI is InChI=1S/C10H16N2O4/c1-10(2)15-4-6(16-10)5-3-7(13)12-8(5)9(11)14/h5-6,8H,3-4H2,1-2H3,(H2,11,14)(H,12,13)/t5-,6-,8+/m1/s1. The minimum Gasteiger partial charge on any atom is -0.368 e. The summed E-state index contributed by atoms with van der Waals surface area (Å²) in [5.41, 5.74) is 5.24. The average Bonchev–Trinajstić information content (AvgIpc) is 2.68. The zero-order valence-corrected chi connectivity index (χ0v) is 9.36. The lowest BCUT2D eigenvalue weighted by Gasteiger charge is -2.22. The molecule has 0 aromatic heterocycles. The van der Waals surface area contributed by atoms with Gasteiger partial charge in [-0.15, -0.1) is 0 Å². The van der Waals surface area contributed by atoms with Gasteiger partial charge in [-0.25, -0.2) is 0 Å². The highest BCUT2D eigenvalue weighted by atomic mass is 16.7. The maximum Gasteiger partial charge on any atom is 0.240 e. The van der Waals surface area contributed by atoms with Gasteiger partial charge in [0.05, 0.1) is 12.7 Å². The van der Waals surface area contributed by atoms with E-state index in [1.165, 1.54) is 0 Å². The smallest absolute Gasteiger partial charge is 0.240 e. The number of ether oxygens (including phenoxy) is 2. The Morgan fingerprint density at radius 1 is 1.56 bits per heavy atom. The van der Waals surface area contributed by atoms with Crippen molar-refractivity contribution >= 4 is 11.8 Å². The molecular formula is C10H16N2O4. The number of rotatable bonds is 2. The van der Waals surface area contributed by atoms with Crippen LogP contribution in [0.15, 0.2) is 0 Å². The van der Waals surface area contributed by atoms with Gasteiger partial charge in [0, 0.05) is 12.3 Å². The molecule has 6 heteroatoms. The zero-order chi connectivity index (χ0) is 11.9. The monoisotopic (exact) mass is 228 g/mol. The van der Waals surface area contributed by atoms with E-state index in [0.717, 1.165) is 0 Å². The molecule has 3 atom stereocenters. The third-order valence-electron chi connectivity index (χ3n) is 2.98. The van der Waals surface area contributed by atoms with Gasteiger partial charge < -0.3 is 20.5 Å². The van der Waals surface area contributed by atoms with Gasteiger partial charge in [-0.05, 0) is 13.8 Å². The van der Waals surface area contributed by atoms with Gasteiger partial charge in [0.2, 0.25) is 11.8 Å². The molecule has 0 unspecified atom stereocenters. The van der Waals surface area contributed by atoms with Gasteiger partial charge in [0.1, 0.15) is 6.04 Å². The molecule has 2 aliphatic rings. The number of nitrogens with two attached hydrogens (primary N) is 1. The molecule has 90 valence electrons. The lowest BCUT2D eigenvalue weighted by Crippen LogP contribution is -2.45. The number of hydrogen-bond donors (Lipinski definition) is 2. The molecule has 0 bridgehead atoms. The van der Waals surface area contributed by atoms with E-state index in [9.17, 15) is 9.59 Å². The first kappa shape index (κ1) is 11.3. The summed E-state index contributed by atoms with van der Waals surface area (Å²) in [4.78, 5) is 22.5. The molecule has 2 fully saturated rings.